The number of aryl methyl sites for hydroxylation is 2. The van der Waals surface area contributed by atoms with E-state index < -0.39 is 6.10 Å². The van der Waals surface area contributed by atoms with Crippen LogP contribution in [0.5, 0.6) is 0 Å². The lowest BCUT2D eigenvalue weighted by atomic mass is 10.1. The molecule has 1 atom stereocenters. The highest BCUT2D eigenvalue weighted by molar-refractivity contribution is 5.95. The molecular weight excluding hydrogens is 308 g/mol. The standard InChI is InChI=1S/C16H18N6O2/c1-11-7-12(22-10-17-9-20-22)3-4-13(11)16(24)18-8-15(23)14-5-6-19-21(14)2/h3-7,9-10,15,23H,8H2,1-2H3,(H,18,24). The lowest BCUT2D eigenvalue weighted by Crippen LogP contribution is -2.29. The highest BCUT2D eigenvalue weighted by atomic mass is 16.3. The number of benzene rings is 1. The van der Waals surface area contributed by atoms with E-state index in [0.717, 1.165) is 11.3 Å². The van der Waals surface area contributed by atoms with Gasteiger partial charge in [0.15, 0.2) is 0 Å². The molecule has 124 valence electrons. The normalized spacial score (nSPS) is 12.1. The van der Waals surface area contributed by atoms with Crippen LogP contribution >= 0.6 is 0 Å². The first kappa shape index (κ1) is 15.9. The number of nitrogens with one attached hydrogen (secondary N) is 1. The van der Waals surface area contributed by atoms with E-state index >= 15 is 0 Å². The Morgan fingerprint density at radius 2 is 2.17 bits per heavy atom. The first-order chi connectivity index (χ1) is 11.6. The lowest BCUT2D eigenvalue weighted by molar-refractivity contribution is 0.0911. The number of nitrogens with zero attached hydrogens (tertiary/aromatic N) is 5. The third-order valence-electron chi connectivity index (χ3n) is 3.79. The predicted molar refractivity (Wildman–Crippen MR) is 86.6 cm³/mol. The fourth-order valence-corrected chi connectivity index (χ4v) is 2.49. The smallest absolute Gasteiger partial charge is 0.251 e. The van der Waals surface area contributed by atoms with Gasteiger partial charge in [-0.1, -0.05) is 0 Å². The molecule has 2 N–H and O–H groups in total. The molecule has 0 saturated carbocycles. The Balaban J connectivity index is 1.68. The molecule has 3 rings (SSSR count). The zero-order valence-corrected chi connectivity index (χ0v) is 13.4. The second-order valence-corrected chi connectivity index (χ2v) is 5.44. The van der Waals surface area contributed by atoms with Gasteiger partial charge in [-0.25, -0.2) is 9.67 Å². The molecule has 24 heavy (non-hydrogen) atoms. The SMILES string of the molecule is Cc1cc(-n2cncn2)ccc1C(=O)NCC(O)c1ccnn1C. The molecular formula is C16H18N6O2. The fourth-order valence-electron chi connectivity index (χ4n) is 2.49. The average Bonchev–Trinajstić information content (AvgIpc) is 3.23. The van der Waals surface area contributed by atoms with Crippen LogP contribution in [0.2, 0.25) is 0 Å². The third kappa shape index (κ3) is 3.18. The van der Waals surface area contributed by atoms with Gasteiger partial charge in [0.1, 0.15) is 18.8 Å². The van der Waals surface area contributed by atoms with Gasteiger partial charge >= 0.3 is 0 Å². The van der Waals surface area contributed by atoms with Gasteiger partial charge in [-0.15, -0.1) is 0 Å². The number of carbonyl (C=O) groups excluding carboxylic acids is 1. The van der Waals surface area contributed by atoms with Gasteiger partial charge in [0, 0.05) is 25.4 Å². The molecule has 0 aliphatic heterocycles. The van der Waals surface area contributed by atoms with Crippen LogP contribution in [0.15, 0.2) is 43.1 Å². The van der Waals surface area contributed by atoms with Crippen molar-refractivity contribution in [3.8, 4) is 5.69 Å². The number of rotatable bonds is 5. The number of carbonyl (C=O) groups is 1. The molecule has 8 nitrogen and oxygen atoms in total. The predicted octanol–water partition coefficient (Wildman–Crippen LogP) is 0.773. The minimum Gasteiger partial charge on any atom is -0.385 e. The van der Waals surface area contributed by atoms with E-state index in [-0.39, 0.29) is 12.5 Å². The molecule has 1 aromatic carbocycles. The summed E-state index contributed by atoms with van der Waals surface area (Å²) in [4.78, 5) is 16.2. The van der Waals surface area contributed by atoms with Crippen LogP contribution in [-0.2, 0) is 7.05 Å². The van der Waals surface area contributed by atoms with Crippen LogP contribution in [0.3, 0.4) is 0 Å². The Labute approximate surface area is 138 Å². The summed E-state index contributed by atoms with van der Waals surface area (Å²) in [5, 5.41) is 20.9. The molecule has 2 aromatic heterocycles. The number of aliphatic hydroxyl groups excluding tert-OH is 1. The van der Waals surface area contributed by atoms with Gasteiger partial charge in [-0.2, -0.15) is 10.2 Å². The van der Waals surface area contributed by atoms with E-state index in [4.69, 9.17) is 0 Å². The molecule has 8 heteroatoms. The molecule has 0 spiro atoms. The first-order valence-electron chi connectivity index (χ1n) is 7.46. The molecule has 0 aliphatic rings. The highest BCUT2D eigenvalue weighted by Gasteiger charge is 2.15. The first-order valence-corrected chi connectivity index (χ1v) is 7.46. The van der Waals surface area contributed by atoms with Gasteiger partial charge in [-0.3, -0.25) is 9.48 Å². The lowest BCUT2D eigenvalue weighted by Gasteiger charge is -2.13. The van der Waals surface area contributed by atoms with Crippen molar-refractivity contribution >= 4 is 5.91 Å². The summed E-state index contributed by atoms with van der Waals surface area (Å²) < 4.78 is 3.20. The van der Waals surface area contributed by atoms with Gasteiger partial charge in [0.25, 0.3) is 5.91 Å². The van der Waals surface area contributed by atoms with E-state index in [2.05, 4.69) is 20.5 Å². The number of hydrogen-bond donors (Lipinski definition) is 2. The second kappa shape index (κ2) is 6.63. The Morgan fingerprint density at radius 3 is 2.79 bits per heavy atom. The van der Waals surface area contributed by atoms with Crippen molar-refractivity contribution in [2.75, 3.05) is 6.54 Å². The van der Waals surface area contributed by atoms with Crippen LogP contribution in [0.4, 0.5) is 0 Å². The topological polar surface area (TPSA) is 97.9 Å². The van der Waals surface area contributed by atoms with E-state index in [9.17, 15) is 9.90 Å². The molecule has 1 unspecified atom stereocenters. The highest BCUT2D eigenvalue weighted by Crippen LogP contribution is 2.15. The molecule has 2 heterocycles. The maximum Gasteiger partial charge on any atom is 0.251 e. The largest absolute Gasteiger partial charge is 0.385 e. The van der Waals surface area contributed by atoms with Crippen molar-refractivity contribution in [1.82, 2.24) is 29.9 Å². The number of aliphatic hydroxyl groups is 1. The zero-order valence-electron chi connectivity index (χ0n) is 13.4. The van der Waals surface area contributed by atoms with Crippen LogP contribution in [0.1, 0.15) is 27.7 Å². The van der Waals surface area contributed by atoms with Crippen molar-refractivity contribution in [3.63, 3.8) is 0 Å². The summed E-state index contributed by atoms with van der Waals surface area (Å²) in [6.45, 7) is 1.97. The minimum absolute atomic E-state index is 0.114. The summed E-state index contributed by atoms with van der Waals surface area (Å²) in [5.41, 5.74) is 2.84. The molecule has 0 radical (unpaired) electrons. The molecule has 3 aromatic rings. The minimum atomic E-state index is -0.809. The summed E-state index contributed by atoms with van der Waals surface area (Å²) in [7, 11) is 1.74. The Kier molecular flexibility index (Phi) is 4.39. The monoisotopic (exact) mass is 326 g/mol. The molecule has 0 saturated heterocycles. The van der Waals surface area contributed by atoms with Crippen LogP contribution in [0.25, 0.3) is 5.69 Å². The summed E-state index contributed by atoms with van der Waals surface area (Å²) in [6.07, 6.45) is 3.85. The average molecular weight is 326 g/mol. The van der Waals surface area contributed by atoms with Crippen molar-refractivity contribution in [2.45, 2.75) is 13.0 Å². The van der Waals surface area contributed by atoms with Crippen molar-refractivity contribution < 1.29 is 9.90 Å². The summed E-state index contributed by atoms with van der Waals surface area (Å²) in [6, 6.07) is 7.11. The summed E-state index contributed by atoms with van der Waals surface area (Å²) >= 11 is 0. The van der Waals surface area contributed by atoms with Crippen LogP contribution in [-0.4, -0.2) is 42.1 Å². The van der Waals surface area contributed by atoms with E-state index in [0.29, 0.717) is 11.3 Å². The van der Waals surface area contributed by atoms with Gasteiger partial charge < -0.3 is 10.4 Å². The maximum absolute atomic E-state index is 12.3. The number of hydrogen-bond acceptors (Lipinski definition) is 5. The fraction of sp³-hybridized carbons (Fsp3) is 0.250. The van der Waals surface area contributed by atoms with Gasteiger partial charge in [-0.05, 0) is 36.8 Å². The second-order valence-electron chi connectivity index (χ2n) is 5.44. The van der Waals surface area contributed by atoms with E-state index in [1.807, 2.05) is 13.0 Å². The summed E-state index contributed by atoms with van der Waals surface area (Å²) in [5.74, 6) is -0.237. The van der Waals surface area contributed by atoms with E-state index in [1.165, 1.54) is 6.33 Å². The Morgan fingerprint density at radius 1 is 1.33 bits per heavy atom. The van der Waals surface area contributed by atoms with Crippen molar-refractivity contribution in [3.05, 3.63) is 59.9 Å². The van der Waals surface area contributed by atoms with E-state index in [1.54, 1.807) is 47.1 Å². The molecule has 0 fully saturated rings. The van der Waals surface area contributed by atoms with Gasteiger partial charge in [0.2, 0.25) is 0 Å². The maximum atomic E-state index is 12.3. The molecule has 0 aliphatic carbocycles. The Bertz CT molecular complexity index is 840. The quantitative estimate of drug-likeness (QED) is 0.722. The van der Waals surface area contributed by atoms with Crippen LogP contribution < -0.4 is 5.32 Å². The van der Waals surface area contributed by atoms with Crippen LogP contribution in [0, 0.1) is 6.92 Å². The van der Waals surface area contributed by atoms with Gasteiger partial charge in [0.05, 0.1) is 11.4 Å². The number of aromatic nitrogens is 5. The number of amides is 1. The Hall–Kier alpha value is -3.00. The van der Waals surface area contributed by atoms with Crippen molar-refractivity contribution in [2.24, 2.45) is 7.05 Å². The van der Waals surface area contributed by atoms with Crippen molar-refractivity contribution in [1.29, 1.82) is 0 Å². The molecule has 1 amide bonds. The zero-order chi connectivity index (χ0) is 17.1. The molecule has 0 bridgehead atoms. The third-order valence-corrected chi connectivity index (χ3v) is 3.79.